The number of hydrogen-bond donors (Lipinski definition) is 1. The minimum absolute atomic E-state index is 0.0347. The van der Waals surface area contributed by atoms with E-state index in [4.69, 9.17) is 0 Å². The number of aromatic nitrogens is 4. The first-order valence-electron chi connectivity index (χ1n) is 7.54. The summed E-state index contributed by atoms with van der Waals surface area (Å²) < 4.78 is 31.2. The van der Waals surface area contributed by atoms with E-state index >= 15 is 0 Å². The van der Waals surface area contributed by atoms with Crippen molar-refractivity contribution in [3.05, 3.63) is 57.0 Å². The van der Waals surface area contributed by atoms with E-state index in [1.54, 1.807) is 6.92 Å². The second-order valence-electron chi connectivity index (χ2n) is 5.59. The number of aryl methyl sites for hydroxylation is 1. The number of ether oxygens (including phenoxy) is 1. The molecule has 0 aliphatic heterocycles. The van der Waals surface area contributed by atoms with Gasteiger partial charge in [0.2, 0.25) is 0 Å². The van der Waals surface area contributed by atoms with Gasteiger partial charge in [0.1, 0.15) is 5.75 Å². The number of benzene rings is 1. The number of aromatic amines is 1. The summed E-state index contributed by atoms with van der Waals surface area (Å²) in [6.45, 7) is -1.37. The number of carbonyl (C=O) groups excluding carboxylic acids is 1. The van der Waals surface area contributed by atoms with Crippen LogP contribution in [-0.2, 0) is 7.05 Å². The van der Waals surface area contributed by atoms with E-state index in [1.807, 2.05) is 0 Å². The number of nitrogens with zero attached hydrogens (tertiary/aromatic N) is 3. The Morgan fingerprint density at radius 3 is 2.50 bits per heavy atom. The molecule has 1 atom stereocenters. The lowest BCUT2D eigenvalue weighted by molar-refractivity contribution is -0.0498. The van der Waals surface area contributed by atoms with Crippen LogP contribution in [-0.4, -0.2) is 31.5 Å². The van der Waals surface area contributed by atoms with Gasteiger partial charge in [-0.3, -0.25) is 19.1 Å². The Labute approximate surface area is 144 Å². The first-order valence-corrected chi connectivity index (χ1v) is 7.54. The molecule has 0 bridgehead atoms. The predicted molar refractivity (Wildman–Crippen MR) is 87.7 cm³/mol. The van der Waals surface area contributed by atoms with Crippen LogP contribution in [0.1, 0.15) is 23.3 Å². The van der Waals surface area contributed by atoms with E-state index in [1.165, 1.54) is 46.8 Å². The lowest BCUT2D eigenvalue weighted by atomic mass is 10.1. The van der Waals surface area contributed by atoms with Crippen LogP contribution in [0.5, 0.6) is 5.75 Å². The Hall–Kier alpha value is -3.30. The van der Waals surface area contributed by atoms with Gasteiger partial charge in [-0.15, -0.1) is 0 Å². The fraction of sp³-hybridized carbons (Fsp3) is 0.250. The smallest absolute Gasteiger partial charge is 0.387 e. The molecule has 0 saturated carbocycles. The Balaban J connectivity index is 1.98. The van der Waals surface area contributed by atoms with E-state index in [2.05, 4.69) is 14.7 Å². The number of halogens is 2. The number of carbonyl (C=O) groups is 1. The zero-order valence-corrected chi connectivity index (χ0v) is 13.8. The maximum absolute atomic E-state index is 12.7. The van der Waals surface area contributed by atoms with E-state index in [0.29, 0.717) is 0 Å². The summed E-state index contributed by atoms with van der Waals surface area (Å²) in [5.74, 6) is -0.410. The van der Waals surface area contributed by atoms with Gasteiger partial charge in [0.25, 0.3) is 5.56 Å². The summed E-state index contributed by atoms with van der Waals surface area (Å²) in [5.41, 5.74) is -0.770. The van der Waals surface area contributed by atoms with E-state index in [0.717, 1.165) is 0 Å². The third kappa shape index (κ3) is 3.01. The number of ketones is 1. The van der Waals surface area contributed by atoms with Crippen molar-refractivity contribution in [1.82, 2.24) is 19.1 Å². The molecule has 136 valence electrons. The van der Waals surface area contributed by atoms with Gasteiger partial charge in [-0.05, 0) is 31.2 Å². The Kier molecular flexibility index (Phi) is 4.41. The molecule has 2 aromatic heterocycles. The highest BCUT2D eigenvalue weighted by molar-refractivity contribution is 5.99. The van der Waals surface area contributed by atoms with Crippen LogP contribution in [0.15, 0.2) is 40.2 Å². The highest BCUT2D eigenvalue weighted by Crippen LogP contribution is 2.21. The Morgan fingerprint density at radius 1 is 1.23 bits per heavy atom. The lowest BCUT2D eigenvalue weighted by Crippen LogP contribution is -2.30. The summed E-state index contributed by atoms with van der Waals surface area (Å²) in [6.07, 6.45) is 1.30. The molecule has 0 spiro atoms. The van der Waals surface area contributed by atoms with Crippen LogP contribution in [0.2, 0.25) is 0 Å². The van der Waals surface area contributed by atoms with Gasteiger partial charge in [-0.1, -0.05) is 0 Å². The van der Waals surface area contributed by atoms with Gasteiger partial charge in [0.05, 0.1) is 12.4 Å². The first-order chi connectivity index (χ1) is 12.3. The van der Waals surface area contributed by atoms with Gasteiger partial charge in [-0.25, -0.2) is 9.78 Å². The molecule has 0 fully saturated rings. The molecule has 3 aromatic rings. The zero-order valence-electron chi connectivity index (χ0n) is 13.8. The van der Waals surface area contributed by atoms with Gasteiger partial charge in [0, 0.05) is 12.6 Å². The molecule has 0 aliphatic rings. The van der Waals surface area contributed by atoms with Crippen molar-refractivity contribution >= 4 is 16.9 Å². The summed E-state index contributed by atoms with van der Waals surface area (Å²) in [4.78, 5) is 42.4. The van der Waals surface area contributed by atoms with Gasteiger partial charge < -0.3 is 9.30 Å². The minimum Gasteiger partial charge on any atom is -0.435 e. The Morgan fingerprint density at radius 2 is 1.88 bits per heavy atom. The van der Waals surface area contributed by atoms with Crippen molar-refractivity contribution in [2.45, 2.75) is 19.6 Å². The number of Topliss-reactive ketones (excluding diaryl/α,β-unsaturated/α-hetero) is 1. The van der Waals surface area contributed by atoms with E-state index in [9.17, 15) is 23.2 Å². The average molecular weight is 364 g/mol. The molecule has 0 aliphatic carbocycles. The second-order valence-corrected chi connectivity index (χ2v) is 5.59. The largest absolute Gasteiger partial charge is 0.435 e. The normalized spacial score (nSPS) is 12.5. The van der Waals surface area contributed by atoms with Gasteiger partial charge in [0.15, 0.2) is 16.9 Å². The monoisotopic (exact) mass is 364 g/mol. The number of imidazole rings is 1. The van der Waals surface area contributed by atoms with Crippen LogP contribution >= 0.6 is 0 Å². The second kappa shape index (κ2) is 6.54. The van der Waals surface area contributed by atoms with Crippen molar-refractivity contribution in [2.75, 3.05) is 0 Å². The molecule has 1 unspecified atom stereocenters. The first kappa shape index (κ1) is 17.5. The van der Waals surface area contributed by atoms with Crippen molar-refractivity contribution in [1.29, 1.82) is 0 Å². The molecule has 0 amide bonds. The predicted octanol–water partition coefficient (Wildman–Crippen LogP) is 1.47. The van der Waals surface area contributed by atoms with E-state index in [-0.39, 0.29) is 28.3 Å². The number of fused-ring (bicyclic) bond motifs is 1. The fourth-order valence-corrected chi connectivity index (χ4v) is 2.63. The lowest BCUT2D eigenvalue weighted by Gasteiger charge is -2.15. The van der Waals surface area contributed by atoms with E-state index < -0.39 is 23.9 Å². The highest BCUT2D eigenvalue weighted by atomic mass is 19.3. The topological polar surface area (TPSA) is 99.0 Å². The van der Waals surface area contributed by atoms with Gasteiger partial charge in [-0.2, -0.15) is 8.78 Å². The molecule has 0 saturated heterocycles. The van der Waals surface area contributed by atoms with Crippen molar-refractivity contribution < 1.29 is 18.3 Å². The molecule has 26 heavy (non-hydrogen) atoms. The molecule has 3 rings (SSSR count). The summed E-state index contributed by atoms with van der Waals surface area (Å²) >= 11 is 0. The average Bonchev–Trinajstić information content (AvgIpc) is 3.04. The minimum atomic E-state index is -2.95. The molecular weight excluding hydrogens is 350 g/mol. The Bertz CT molecular complexity index is 1080. The maximum atomic E-state index is 12.7. The number of hydrogen-bond acceptors (Lipinski definition) is 5. The molecule has 1 N–H and O–H groups in total. The van der Waals surface area contributed by atoms with Crippen LogP contribution in [0.4, 0.5) is 8.78 Å². The van der Waals surface area contributed by atoms with Crippen molar-refractivity contribution in [3.8, 4) is 5.75 Å². The van der Waals surface area contributed by atoms with Crippen LogP contribution in [0, 0.1) is 0 Å². The third-order valence-corrected chi connectivity index (χ3v) is 3.99. The molecule has 10 heteroatoms. The molecule has 1 aromatic carbocycles. The number of H-pyrrole nitrogens is 1. The standard InChI is InChI=1S/C16H14F2N4O4/c1-8(12(23)9-3-5-10(6-4-9)26-15(17)18)22-7-19-11-13(24)20-16(25)21(2)14(11)22/h3-8,15H,1-2H3,(H,20,24,25). The molecular formula is C16H14F2N4O4. The summed E-state index contributed by atoms with van der Waals surface area (Å²) in [6, 6.07) is 4.47. The number of nitrogens with one attached hydrogen (secondary N) is 1. The maximum Gasteiger partial charge on any atom is 0.387 e. The highest BCUT2D eigenvalue weighted by Gasteiger charge is 2.22. The molecule has 0 radical (unpaired) electrons. The van der Waals surface area contributed by atoms with Crippen LogP contribution in [0.3, 0.4) is 0 Å². The zero-order chi connectivity index (χ0) is 19.0. The van der Waals surface area contributed by atoms with Crippen LogP contribution in [0.25, 0.3) is 11.2 Å². The number of alkyl halides is 2. The number of rotatable bonds is 5. The quantitative estimate of drug-likeness (QED) is 0.691. The third-order valence-electron chi connectivity index (χ3n) is 3.99. The van der Waals surface area contributed by atoms with Crippen LogP contribution < -0.4 is 16.0 Å². The molecule has 8 nitrogen and oxygen atoms in total. The van der Waals surface area contributed by atoms with Gasteiger partial charge >= 0.3 is 12.3 Å². The SMILES string of the molecule is CC(C(=O)c1ccc(OC(F)F)cc1)n1cnc2c(=O)[nH]c(=O)n(C)c21. The van der Waals surface area contributed by atoms with Crippen molar-refractivity contribution in [3.63, 3.8) is 0 Å². The van der Waals surface area contributed by atoms with Crippen molar-refractivity contribution in [2.24, 2.45) is 7.05 Å². The summed E-state index contributed by atoms with van der Waals surface area (Å²) in [7, 11) is 1.45. The molecule has 2 heterocycles. The fourth-order valence-electron chi connectivity index (χ4n) is 2.63. The summed E-state index contributed by atoms with van der Waals surface area (Å²) in [5, 5.41) is 0.